The highest BCUT2D eigenvalue weighted by Gasteiger charge is 2.34. The van der Waals surface area contributed by atoms with Crippen LogP contribution < -0.4 is 10.0 Å². The summed E-state index contributed by atoms with van der Waals surface area (Å²) in [5.74, 6) is 0. The van der Waals surface area contributed by atoms with Gasteiger partial charge in [-0.15, -0.1) is 0 Å². The molecule has 0 spiro atoms. The van der Waals surface area contributed by atoms with E-state index in [2.05, 4.69) is 23.9 Å². The Balaban J connectivity index is 2.06. The van der Waals surface area contributed by atoms with Crippen molar-refractivity contribution in [3.8, 4) is 0 Å². The van der Waals surface area contributed by atoms with E-state index in [1.54, 1.807) is 12.1 Å². The van der Waals surface area contributed by atoms with Crippen LogP contribution in [-0.2, 0) is 10.0 Å². The van der Waals surface area contributed by atoms with E-state index >= 15 is 0 Å². The standard InChI is InChI=1S/C16H26N2O2S/c1-4-12-17-21(19,20)14-9-7-13(8-10-14)18-15-6-5-11-16(15,2)3/h7-10,15,17-18H,4-6,11-12H2,1-3H3. The zero-order valence-corrected chi connectivity index (χ0v) is 14.0. The van der Waals surface area contributed by atoms with Gasteiger partial charge in [-0.25, -0.2) is 13.1 Å². The maximum atomic E-state index is 12.0. The average Bonchev–Trinajstić information content (AvgIpc) is 2.76. The molecule has 0 amide bonds. The molecule has 1 unspecified atom stereocenters. The molecule has 1 saturated carbocycles. The van der Waals surface area contributed by atoms with Gasteiger partial charge in [-0.3, -0.25) is 0 Å². The van der Waals surface area contributed by atoms with Crippen molar-refractivity contribution >= 4 is 15.7 Å². The summed E-state index contributed by atoms with van der Waals surface area (Å²) in [5.41, 5.74) is 1.29. The highest BCUT2D eigenvalue weighted by Crippen LogP contribution is 2.39. The lowest BCUT2D eigenvalue weighted by Crippen LogP contribution is -2.30. The summed E-state index contributed by atoms with van der Waals surface area (Å²) in [4.78, 5) is 0.326. The Morgan fingerprint density at radius 3 is 2.43 bits per heavy atom. The molecule has 1 aromatic carbocycles. The molecule has 1 atom stereocenters. The van der Waals surface area contributed by atoms with Crippen LogP contribution in [0.15, 0.2) is 29.2 Å². The minimum atomic E-state index is -3.37. The average molecular weight is 310 g/mol. The summed E-state index contributed by atoms with van der Waals surface area (Å²) in [6, 6.07) is 7.51. The second-order valence-electron chi connectivity index (χ2n) is 6.50. The number of hydrogen-bond donors (Lipinski definition) is 2. The van der Waals surface area contributed by atoms with Gasteiger partial charge in [-0.1, -0.05) is 27.2 Å². The van der Waals surface area contributed by atoms with Gasteiger partial charge in [-0.2, -0.15) is 0 Å². The SMILES string of the molecule is CCCNS(=O)(=O)c1ccc(NC2CCCC2(C)C)cc1. The molecule has 1 aliphatic rings. The number of hydrogen-bond acceptors (Lipinski definition) is 3. The van der Waals surface area contributed by atoms with E-state index in [4.69, 9.17) is 0 Å². The lowest BCUT2D eigenvalue weighted by atomic mass is 9.87. The molecule has 4 nitrogen and oxygen atoms in total. The molecular formula is C16H26N2O2S. The maximum absolute atomic E-state index is 12.0. The molecular weight excluding hydrogens is 284 g/mol. The van der Waals surface area contributed by atoms with Crippen LogP contribution in [0.25, 0.3) is 0 Å². The summed E-state index contributed by atoms with van der Waals surface area (Å²) in [5, 5.41) is 3.54. The third-order valence-electron chi connectivity index (χ3n) is 4.30. The molecule has 1 aromatic rings. The molecule has 0 bridgehead atoms. The van der Waals surface area contributed by atoms with Gasteiger partial charge in [-0.05, 0) is 48.9 Å². The van der Waals surface area contributed by atoms with E-state index in [0.29, 0.717) is 22.9 Å². The minimum absolute atomic E-state index is 0.299. The van der Waals surface area contributed by atoms with Crippen LogP contribution in [0.4, 0.5) is 5.69 Å². The third-order valence-corrected chi connectivity index (χ3v) is 5.78. The van der Waals surface area contributed by atoms with Gasteiger partial charge in [0.1, 0.15) is 0 Å². The van der Waals surface area contributed by atoms with Crippen molar-refractivity contribution in [2.45, 2.75) is 57.4 Å². The van der Waals surface area contributed by atoms with Crippen LogP contribution in [0.2, 0.25) is 0 Å². The van der Waals surface area contributed by atoms with Crippen molar-refractivity contribution in [2.75, 3.05) is 11.9 Å². The second-order valence-corrected chi connectivity index (χ2v) is 8.27. The highest BCUT2D eigenvalue weighted by molar-refractivity contribution is 7.89. The van der Waals surface area contributed by atoms with Gasteiger partial charge >= 0.3 is 0 Å². The van der Waals surface area contributed by atoms with Crippen molar-refractivity contribution < 1.29 is 8.42 Å². The first-order chi connectivity index (χ1) is 9.85. The van der Waals surface area contributed by atoms with Crippen molar-refractivity contribution in [3.63, 3.8) is 0 Å². The van der Waals surface area contributed by atoms with Crippen LogP contribution in [0.5, 0.6) is 0 Å². The Labute approximate surface area is 128 Å². The molecule has 0 aromatic heterocycles. The number of nitrogens with one attached hydrogen (secondary N) is 2. The van der Waals surface area contributed by atoms with Gasteiger partial charge in [0.2, 0.25) is 10.0 Å². The Morgan fingerprint density at radius 1 is 1.24 bits per heavy atom. The van der Waals surface area contributed by atoms with Gasteiger partial charge in [0, 0.05) is 18.3 Å². The summed E-state index contributed by atoms with van der Waals surface area (Å²) in [6.45, 7) is 6.98. The highest BCUT2D eigenvalue weighted by atomic mass is 32.2. The molecule has 0 heterocycles. The number of sulfonamides is 1. The van der Waals surface area contributed by atoms with Crippen molar-refractivity contribution in [2.24, 2.45) is 5.41 Å². The summed E-state index contributed by atoms with van der Waals surface area (Å²) in [7, 11) is -3.37. The minimum Gasteiger partial charge on any atom is -0.382 e. The lowest BCUT2D eigenvalue weighted by Gasteiger charge is -2.28. The molecule has 2 N–H and O–H groups in total. The summed E-state index contributed by atoms with van der Waals surface area (Å²) in [6.07, 6.45) is 4.44. The van der Waals surface area contributed by atoms with Gasteiger partial charge < -0.3 is 5.32 Å². The van der Waals surface area contributed by atoms with Crippen LogP contribution >= 0.6 is 0 Å². The molecule has 0 saturated heterocycles. The van der Waals surface area contributed by atoms with Gasteiger partial charge in [0.05, 0.1) is 4.90 Å². The molecule has 5 heteroatoms. The quantitative estimate of drug-likeness (QED) is 0.847. The zero-order chi connectivity index (χ0) is 15.5. The van der Waals surface area contributed by atoms with E-state index in [9.17, 15) is 8.42 Å². The van der Waals surface area contributed by atoms with Crippen molar-refractivity contribution in [1.29, 1.82) is 0 Å². The Hall–Kier alpha value is -1.07. The lowest BCUT2D eigenvalue weighted by molar-refractivity contribution is 0.350. The van der Waals surface area contributed by atoms with E-state index in [-0.39, 0.29) is 0 Å². The number of benzene rings is 1. The molecule has 2 rings (SSSR count). The molecule has 0 radical (unpaired) electrons. The van der Waals surface area contributed by atoms with Crippen molar-refractivity contribution in [1.82, 2.24) is 4.72 Å². The first kappa shape index (κ1) is 16.3. The predicted octanol–water partition coefficient (Wildman–Crippen LogP) is 3.37. The molecule has 21 heavy (non-hydrogen) atoms. The predicted molar refractivity (Wildman–Crippen MR) is 87.0 cm³/mol. The Bertz CT molecular complexity index is 564. The van der Waals surface area contributed by atoms with Gasteiger partial charge in [0.15, 0.2) is 0 Å². The maximum Gasteiger partial charge on any atom is 0.240 e. The normalized spacial score (nSPS) is 21.4. The van der Waals surface area contributed by atoms with E-state index < -0.39 is 10.0 Å². The fourth-order valence-electron chi connectivity index (χ4n) is 2.85. The Kier molecular flexibility index (Phi) is 4.94. The fourth-order valence-corrected chi connectivity index (χ4v) is 3.98. The van der Waals surface area contributed by atoms with Crippen LogP contribution in [0, 0.1) is 5.41 Å². The fraction of sp³-hybridized carbons (Fsp3) is 0.625. The third kappa shape index (κ3) is 3.98. The van der Waals surface area contributed by atoms with E-state index in [0.717, 1.165) is 12.1 Å². The smallest absolute Gasteiger partial charge is 0.240 e. The molecule has 118 valence electrons. The van der Waals surface area contributed by atoms with Crippen LogP contribution in [0.1, 0.15) is 46.5 Å². The second kappa shape index (κ2) is 6.36. The monoisotopic (exact) mass is 310 g/mol. The topological polar surface area (TPSA) is 58.2 Å². The molecule has 1 aliphatic carbocycles. The molecule has 1 fully saturated rings. The zero-order valence-electron chi connectivity index (χ0n) is 13.1. The summed E-state index contributed by atoms with van der Waals surface area (Å²) < 4.78 is 26.6. The number of rotatable bonds is 6. The Morgan fingerprint density at radius 2 is 1.90 bits per heavy atom. The van der Waals surface area contributed by atoms with Crippen LogP contribution in [0.3, 0.4) is 0 Å². The molecule has 0 aliphatic heterocycles. The van der Waals surface area contributed by atoms with E-state index in [1.807, 2.05) is 19.1 Å². The first-order valence-corrected chi connectivity index (χ1v) is 9.20. The van der Waals surface area contributed by atoms with Gasteiger partial charge in [0.25, 0.3) is 0 Å². The first-order valence-electron chi connectivity index (χ1n) is 7.71. The van der Waals surface area contributed by atoms with E-state index in [1.165, 1.54) is 19.3 Å². The summed E-state index contributed by atoms with van der Waals surface area (Å²) >= 11 is 0. The largest absolute Gasteiger partial charge is 0.382 e. The van der Waals surface area contributed by atoms with Crippen molar-refractivity contribution in [3.05, 3.63) is 24.3 Å². The number of anilines is 1. The van der Waals surface area contributed by atoms with Crippen LogP contribution in [-0.4, -0.2) is 21.0 Å².